The summed E-state index contributed by atoms with van der Waals surface area (Å²) in [6.07, 6.45) is -0.229. The number of nitrogens with zero attached hydrogens (tertiary/aromatic N) is 3. The van der Waals surface area contributed by atoms with Crippen LogP contribution in [0.2, 0.25) is 0 Å². The highest BCUT2D eigenvalue weighted by atomic mass is 15.2. The van der Waals surface area contributed by atoms with Crippen molar-refractivity contribution in [3.05, 3.63) is 168 Å². The molecule has 0 spiro atoms. The summed E-state index contributed by atoms with van der Waals surface area (Å²) in [4.78, 5) is 9.95. The largest absolute Gasteiger partial charge is 0.344 e. The zero-order valence-electron chi connectivity index (χ0n) is 22.8. The summed E-state index contributed by atoms with van der Waals surface area (Å²) >= 11 is 0. The molecule has 0 radical (unpaired) electrons. The van der Waals surface area contributed by atoms with Gasteiger partial charge in [0.05, 0.1) is 11.6 Å². The van der Waals surface area contributed by atoms with Crippen LogP contribution in [0.3, 0.4) is 0 Å². The molecule has 0 aromatic heterocycles. The van der Waals surface area contributed by atoms with Crippen LogP contribution in [0.1, 0.15) is 28.4 Å². The molecule has 0 amide bonds. The molecule has 6 aromatic carbocycles. The highest BCUT2D eigenvalue weighted by molar-refractivity contribution is 6.13. The van der Waals surface area contributed by atoms with E-state index in [1.54, 1.807) is 0 Å². The van der Waals surface area contributed by atoms with Crippen LogP contribution in [0, 0.1) is 11.3 Å². The molecule has 1 unspecified atom stereocenters. The fourth-order valence-electron chi connectivity index (χ4n) is 5.46. The van der Waals surface area contributed by atoms with Crippen LogP contribution in [-0.4, -0.2) is 11.7 Å². The van der Waals surface area contributed by atoms with Gasteiger partial charge in [0.1, 0.15) is 12.0 Å². The van der Waals surface area contributed by atoms with Gasteiger partial charge in [-0.15, -0.1) is 0 Å². The fraction of sp³-hybridized carbons (Fsp3) is 0.0263. The number of fused-ring (bicyclic) bond motifs is 1. The molecule has 0 saturated carbocycles. The van der Waals surface area contributed by atoms with Crippen molar-refractivity contribution in [1.82, 2.24) is 5.32 Å². The highest BCUT2D eigenvalue weighted by Crippen LogP contribution is 2.35. The van der Waals surface area contributed by atoms with Crippen LogP contribution < -0.4 is 5.32 Å². The molecular weight excluding hydrogens is 512 g/mol. The Bertz CT molecular complexity index is 1980. The van der Waals surface area contributed by atoms with E-state index in [4.69, 9.17) is 9.98 Å². The lowest BCUT2D eigenvalue weighted by Crippen LogP contribution is -2.33. The first-order valence-electron chi connectivity index (χ1n) is 13.9. The van der Waals surface area contributed by atoms with Gasteiger partial charge in [0.25, 0.3) is 0 Å². The average molecular weight is 539 g/mol. The van der Waals surface area contributed by atoms with Gasteiger partial charge in [0.2, 0.25) is 0 Å². The smallest absolute Gasteiger partial charge is 0.159 e. The van der Waals surface area contributed by atoms with E-state index in [9.17, 15) is 5.26 Å². The minimum Gasteiger partial charge on any atom is -0.344 e. The molecule has 6 aromatic rings. The van der Waals surface area contributed by atoms with Gasteiger partial charge < -0.3 is 5.32 Å². The van der Waals surface area contributed by atoms with Gasteiger partial charge in [-0.25, -0.2) is 9.98 Å². The minimum atomic E-state index is -0.229. The number of hydrogen-bond acceptors (Lipinski definition) is 4. The van der Waals surface area contributed by atoms with Crippen LogP contribution in [0.25, 0.3) is 33.0 Å². The minimum absolute atomic E-state index is 0.229. The molecule has 4 heteroatoms. The van der Waals surface area contributed by atoms with Gasteiger partial charge in [-0.3, -0.25) is 0 Å². The number of nitriles is 1. The molecule has 0 aliphatic carbocycles. The Balaban J connectivity index is 1.26. The van der Waals surface area contributed by atoms with E-state index in [1.807, 2.05) is 60.7 Å². The Morgan fingerprint density at radius 1 is 0.524 bits per heavy atom. The zero-order valence-corrected chi connectivity index (χ0v) is 22.8. The van der Waals surface area contributed by atoms with Crippen LogP contribution in [-0.2, 0) is 0 Å². The molecule has 0 fully saturated rings. The summed E-state index contributed by atoms with van der Waals surface area (Å²) in [6.45, 7) is 0. The Labute approximate surface area is 245 Å². The molecule has 0 bridgehead atoms. The topological polar surface area (TPSA) is 60.5 Å². The van der Waals surface area contributed by atoms with Gasteiger partial charge >= 0.3 is 0 Å². The fourth-order valence-corrected chi connectivity index (χ4v) is 5.46. The Hall–Kier alpha value is -5.79. The van der Waals surface area contributed by atoms with Gasteiger partial charge in [0.15, 0.2) is 5.84 Å². The van der Waals surface area contributed by atoms with Crippen LogP contribution >= 0.6 is 0 Å². The van der Waals surface area contributed by atoms with Crippen LogP contribution in [0.5, 0.6) is 0 Å². The Morgan fingerprint density at radius 3 is 1.67 bits per heavy atom. The lowest BCUT2D eigenvalue weighted by Gasteiger charge is -2.23. The van der Waals surface area contributed by atoms with Gasteiger partial charge in [-0.2, -0.15) is 5.26 Å². The number of hydrogen-bond donors (Lipinski definition) is 1. The first-order chi connectivity index (χ1) is 20.8. The predicted molar refractivity (Wildman–Crippen MR) is 171 cm³/mol. The summed E-state index contributed by atoms with van der Waals surface area (Å²) in [7, 11) is 0. The molecule has 7 rings (SSSR count). The number of benzene rings is 6. The summed E-state index contributed by atoms with van der Waals surface area (Å²) in [6, 6.07) is 51.8. The van der Waals surface area contributed by atoms with Crippen molar-refractivity contribution in [3.63, 3.8) is 0 Å². The van der Waals surface area contributed by atoms with Crippen molar-refractivity contribution >= 4 is 22.4 Å². The molecule has 1 aliphatic heterocycles. The van der Waals surface area contributed by atoms with Crippen molar-refractivity contribution in [2.24, 2.45) is 9.98 Å². The Kier molecular flexibility index (Phi) is 6.60. The molecule has 42 heavy (non-hydrogen) atoms. The maximum Gasteiger partial charge on any atom is 0.159 e. The molecule has 1 atom stereocenters. The molecular formula is C38H26N4. The first kappa shape index (κ1) is 25.2. The lowest BCUT2D eigenvalue weighted by atomic mass is 9.92. The summed E-state index contributed by atoms with van der Waals surface area (Å²) < 4.78 is 0. The van der Waals surface area contributed by atoms with E-state index in [-0.39, 0.29) is 6.17 Å². The van der Waals surface area contributed by atoms with Gasteiger partial charge in [-0.1, -0.05) is 133 Å². The van der Waals surface area contributed by atoms with E-state index in [0.29, 0.717) is 11.4 Å². The second-order valence-electron chi connectivity index (χ2n) is 10.2. The van der Waals surface area contributed by atoms with Gasteiger partial charge in [-0.05, 0) is 50.7 Å². The van der Waals surface area contributed by atoms with E-state index in [0.717, 1.165) is 44.8 Å². The van der Waals surface area contributed by atoms with E-state index in [2.05, 4.69) is 96.3 Å². The predicted octanol–water partition coefficient (Wildman–Crippen LogP) is 8.54. The van der Waals surface area contributed by atoms with Crippen LogP contribution in [0.4, 0.5) is 0 Å². The summed E-state index contributed by atoms with van der Waals surface area (Å²) in [5.41, 5.74) is 8.27. The summed E-state index contributed by atoms with van der Waals surface area (Å²) in [5, 5.41) is 15.1. The molecule has 1 N–H and O–H groups in total. The molecule has 1 aliphatic rings. The van der Waals surface area contributed by atoms with Crippen molar-refractivity contribution in [2.75, 3.05) is 0 Å². The average Bonchev–Trinajstić information content (AvgIpc) is 3.08. The second-order valence-corrected chi connectivity index (χ2v) is 10.2. The second kappa shape index (κ2) is 11.0. The third-order valence-corrected chi connectivity index (χ3v) is 7.61. The lowest BCUT2D eigenvalue weighted by molar-refractivity contribution is 0.674. The highest BCUT2D eigenvalue weighted by Gasteiger charge is 2.21. The van der Waals surface area contributed by atoms with E-state index < -0.39 is 0 Å². The molecule has 1 heterocycles. The molecule has 4 nitrogen and oxygen atoms in total. The third kappa shape index (κ3) is 4.85. The van der Waals surface area contributed by atoms with Crippen molar-refractivity contribution < 1.29 is 0 Å². The maximum absolute atomic E-state index is 9.20. The van der Waals surface area contributed by atoms with E-state index >= 15 is 0 Å². The number of aliphatic imine (C=N–C) groups is 2. The summed E-state index contributed by atoms with van der Waals surface area (Å²) in [5.74, 6) is 1.51. The number of rotatable bonds is 5. The van der Waals surface area contributed by atoms with Crippen molar-refractivity contribution in [1.29, 1.82) is 5.26 Å². The Morgan fingerprint density at radius 2 is 1.07 bits per heavy atom. The first-order valence-corrected chi connectivity index (χ1v) is 13.9. The van der Waals surface area contributed by atoms with Gasteiger partial charge in [0, 0.05) is 11.1 Å². The standard InChI is InChI=1S/C38H26N4/c39-25-26-17-19-27(20-18-26)32-13-7-16-35-33(14-8-15-34(32)35)28-21-23-31(24-22-28)38-41-36(29-9-3-1-4-10-29)40-37(42-38)30-11-5-2-6-12-30/h1-24,36H,(H,40,41,42). The SMILES string of the molecule is N#Cc1ccc(-c2cccc3c(-c4ccc(C5=NC(c6ccccc6)NC(c6ccccc6)=N5)cc4)cccc23)cc1. The molecule has 0 saturated heterocycles. The maximum atomic E-state index is 9.20. The normalized spacial score (nSPS) is 14.4. The quantitative estimate of drug-likeness (QED) is 0.239. The van der Waals surface area contributed by atoms with E-state index in [1.165, 1.54) is 10.8 Å². The number of amidine groups is 2. The van der Waals surface area contributed by atoms with Crippen LogP contribution in [0.15, 0.2) is 156 Å². The molecule has 198 valence electrons. The van der Waals surface area contributed by atoms with Crippen molar-refractivity contribution in [2.45, 2.75) is 6.17 Å². The third-order valence-electron chi connectivity index (χ3n) is 7.61. The number of nitrogens with one attached hydrogen (secondary N) is 1. The zero-order chi connectivity index (χ0) is 28.3. The van der Waals surface area contributed by atoms with Crippen molar-refractivity contribution in [3.8, 4) is 28.3 Å². The monoisotopic (exact) mass is 538 g/mol.